The highest BCUT2D eigenvalue weighted by atomic mass is 16.2. The Morgan fingerprint density at radius 1 is 1.50 bits per heavy atom. The molecule has 1 saturated heterocycles. The molecule has 0 spiro atoms. The zero-order valence-corrected chi connectivity index (χ0v) is 10.9. The van der Waals surface area contributed by atoms with Crippen LogP contribution in [-0.4, -0.2) is 41.5 Å². The molecule has 2 rings (SSSR count). The quantitative estimate of drug-likeness (QED) is 0.851. The predicted molar refractivity (Wildman–Crippen MR) is 71.2 cm³/mol. The lowest BCUT2D eigenvalue weighted by atomic mass is 10.0. The summed E-state index contributed by atoms with van der Waals surface area (Å²) in [4.78, 5) is 18.4. The van der Waals surface area contributed by atoms with E-state index in [0.29, 0.717) is 0 Å². The van der Waals surface area contributed by atoms with Crippen molar-refractivity contribution < 1.29 is 4.79 Å². The fourth-order valence-corrected chi connectivity index (χ4v) is 2.39. The number of carbonyl (C=O) groups is 1. The molecule has 98 valence electrons. The molecular formula is C14H21N3O. The number of nitrogens with one attached hydrogen (secondary N) is 1. The van der Waals surface area contributed by atoms with Crippen LogP contribution in [-0.2, 0) is 11.2 Å². The number of likely N-dealkylation sites (N-methyl/N-ethyl adjacent to an activating group) is 1. The Labute approximate surface area is 108 Å². The predicted octanol–water partition coefficient (Wildman–Crippen LogP) is 1.22. The molecule has 0 aromatic carbocycles. The molecule has 1 aromatic heterocycles. The first kappa shape index (κ1) is 13.0. The van der Waals surface area contributed by atoms with Crippen molar-refractivity contribution in [2.75, 3.05) is 19.6 Å². The minimum atomic E-state index is 0.0208. The number of hydrogen-bond acceptors (Lipinski definition) is 3. The molecule has 1 aromatic rings. The second kappa shape index (κ2) is 6.50. The number of aromatic nitrogens is 1. The Bertz CT molecular complexity index is 378. The highest BCUT2D eigenvalue weighted by Crippen LogP contribution is 2.12. The maximum absolute atomic E-state index is 12.2. The number of piperidine rings is 1. The third-order valence-electron chi connectivity index (χ3n) is 3.35. The van der Waals surface area contributed by atoms with E-state index in [9.17, 15) is 4.79 Å². The van der Waals surface area contributed by atoms with Gasteiger partial charge in [-0.1, -0.05) is 13.0 Å². The van der Waals surface area contributed by atoms with Gasteiger partial charge in [0.25, 0.3) is 0 Å². The average molecular weight is 247 g/mol. The van der Waals surface area contributed by atoms with Gasteiger partial charge < -0.3 is 10.2 Å². The lowest BCUT2D eigenvalue weighted by Gasteiger charge is -2.32. The van der Waals surface area contributed by atoms with Crippen LogP contribution in [0.1, 0.15) is 25.5 Å². The van der Waals surface area contributed by atoms with Gasteiger partial charge in [0.2, 0.25) is 5.91 Å². The van der Waals surface area contributed by atoms with Crippen LogP contribution in [0, 0.1) is 0 Å². The van der Waals surface area contributed by atoms with Crippen LogP contribution in [0.25, 0.3) is 0 Å². The van der Waals surface area contributed by atoms with Gasteiger partial charge in [0, 0.05) is 31.4 Å². The van der Waals surface area contributed by atoms with E-state index in [0.717, 1.165) is 44.6 Å². The van der Waals surface area contributed by atoms with Gasteiger partial charge in [-0.05, 0) is 31.5 Å². The molecule has 0 radical (unpaired) electrons. The normalized spacial score (nSPS) is 20.2. The minimum Gasteiger partial charge on any atom is -0.341 e. The van der Waals surface area contributed by atoms with Gasteiger partial charge in [0.05, 0.1) is 6.04 Å². The lowest BCUT2D eigenvalue weighted by Crippen LogP contribution is -2.51. The summed E-state index contributed by atoms with van der Waals surface area (Å²) < 4.78 is 0. The van der Waals surface area contributed by atoms with Crippen LogP contribution in [0.4, 0.5) is 0 Å². The molecule has 0 aliphatic carbocycles. The number of hydrogen-bond donors (Lipinski definition) is 1. The molecule has 1 unspecified atom stereocenters. The summed E-state index contributed by atoms with van der Waals surface area (Å²) >= 11 is 0. The number of carbonyl (C=O) groups excluding carboxylic acids is 1. The lowest BCUT2D eigenvalue weighted by molar-refractivity contribution is -0.135. The van der Waals surface area contributed by atoms with E-state index in [1.807, 2.05) is 30.0 Å². The summed E-state index contributed by atoms with van der Waals surface area (Å²) in [6.07, 6.45) is 4.69. The standard InChI is InChI=1S/C14H21N3O/c1-2-15-13-7-5-10-17(14(13)18)11-8-12-6-3-4-9-16-12/h3-4,6,9,13,15H,2,5,7-8,10-11H2,1H3. The van der Waals surface area contributed by atoms with Crippen LogP contribution in [0.15, 0.2) is 24.4 Å². The Hall–Kier alpha value is -1.42. The molecule has 1 amide bonds. The maximum atomic E-state index is 12.2. The smallest absolute Gasteiger partial charge is 0.239 e. The first-order chi connectivity index (χ1) is 8.81. The van der Waals surface area contributed by atoms with E-state index in [-0.39, 0.29) is 11.9 Å². The molecule has 0 bridgehead atoms. The Morgan fingerprint density at radius 3 is 3.11 bits per heavy atom. The minimum absolute atomic E-state index is 0.0208. The number of pyridine rings is 1. The summed E-state index contributed by atoms with van der Waals surface area (Å²) in [5, 5.41) is 3.26. The number of nitrogens with zero attached hydrogens (tertiary/aromatic N) is 2. The maximum Gasteiger partial charge on any atom is 0.239 e. The van der Waals surface area contributed by atoms with Gasteiger partial charge in [-0.2, -0.15) is 0 Å². The molecule has 18 heavy (non-hydrogen) atoms. The van der Waals surface area contributed by atoms with Gasteiger partial charge >= 0.3 is 0 Å². The first-order valence-corrected chi connectivity index (χ1v) is 6.73. The fraction of sp³-hybridized carbons (Fsp3) is 0.571. The van der Waals surface area contributed by atoms with Crippen molar-refractivity contribution in [1.82, 2.24) is 15.2 Å². The number of amides is 1. The van der Waals surface area contributed by atoms with Crippen molar-refractivity contribution in [3.8, 4) is 0 Å². The van der Waals surface area contributed by atoms with Crippen molar-refractivity contribution in [3.05, 3.63) is 30.1 Å². The fourth-order valence-electron chi connectivity index (χ4n) is 2.39. The highest BCUT2D eigenvalue weighted by Gasteiger charge is 2.27. The molecule has 1 atom stereocenters. The molecule has 2 heterocycles. The largest absolute Gasteiger partial charge is 0.341 e. The zero-order valence-electron chi connectivity index (χ0n) is 10.9. The van der Waals surface area contributed by atoms with E-state index in [1.54, 1.807) is 6.20 Å². The van der Waals surface area contributed by atoms with E-state index in [2.05, 4.69) is 10.3 Å². The summed E-state index contributed by atoms with van der Waals surface area (Å²) in [5.74, 6) is 0.249. The molecule has 1 N–H and O–H groups in total. The van der Waals surface area contributed by atoms with Gasteiger partial charge in [-0.15, -0.1) is 0 Å². The highest BCUT2D eigenvalue weighted by molar-refractivity contribution is 5.82. The summed E-state index contributed by atoms with van der Waals surface area (Å²) in [6.45, 7) is 4.55. The van der Waals surface area contributed by atoms with Crippen LogP contribution >= 0.6 is 0 Å². The van der Waals surface area contributed by atoms with Gasteiger partial charge in [0.15, 0.2) is 0 Å². The zero-order chi connectivity index (χ0) is 12.8. The van der Waals surface area contributed by atoms with Crippen molar-refractivity contribution in [2.24, 2.45) is 0 Å². The number of rotatable bonds is 5. The first-order valence-electron chi connectivity index (χ1n) is 6.73. The average Bonchev–Trinajstić information content (AvgIpc) is 2.41. The molecular weight excluding hydrogens is 226 g/mol. The summed E-state index contributed by atoms with van der Waals surface area (Å²) in [5.41, 5.74) is 1.05. The third-order valence-corrected chi connectivity index (χ3v) is 3.35. The van der Waals surface area contributed by atoms with Gasteiger partial charge in [-0.3, -0.25) is 9.78 Å². The third kappa shape index (κ3) is 3.29. The Morgan fingerprint density at radius 2 is 2.39 bits per heavy atom. The monoisotopic (exact) mass is 247 g/mol. The van der Waals surface area contributed by atoms with Gasteiger partial charge in [-0.25, -0.2) is 0 Å². The van der Waals surface area contributed by atoms with Crippen molar-refractivity contribution >= 4 is 5.91 Å². The SMILES string of the molecule is CCNC1CCCN(CCc2ccccn2)C1=O. The molecule has 0 saturated carbocycles. The van der Waals surface area contributed by atoms with E-state index < -0.39 is 0 Å². The van der Waals surface area contributed by atoms with E-state index in [1.165, 1.54) is 0 Å². The summed E-state index contributed by atoms with van der Waals surface area (Å²) in [7, 11) is 0. The van der Waals surface area contributed by atoms with Crippen LogP contribution in [0.5, 0.6) is 0 Å². The van der Waals surface area contributed by atoms with Crippen molar-refractivity contribution in [1.29, 1.82) is 0 Å². The summed E-state index contributed by atoms with van der Waals surface area (Å²) in [6, 6.07) is 5.93. The topological polar surface area (TPSA) is 45.2 Å². The second-order valence-corrected chi connectivity index (χ2v) is 4.65. The van der Waals surface area contributed by atoms with E-state index >= 15 is 0 Å². The Kier molecular flexibility index (Phi) is 4.70. The molecule has 1 aliphatic rings. The second-order valence-electron chi connectivity index (χ2n) is 4.65. The van der Waals surface area contributed by atoms with Crippen molar-refractivity contribution in [2.45, 2.75) is 32.2 Å². The molecule has 4 heteroatoms. The number of likely N-dealkylation sites (tertiary alicyclic amines) is 1. The van der Waals surface area contributed by atoms with Crippen LogP contribution in [0.2, 0.25) is 0 Å². The molecule has 1 fully saturated rings. The van der Waals surface area contributed by atoms with Crippen molar-refractivity contribution in [3.63, 3.8) is 0 Å². The van der Waals surface area contributed by atoms with E-state index in [4.69, 9.17) is 0 Å². The van der Waals surface area contributed by atoms with Crippen LogP contribution in [0.3, 0.4) is 0 Å². The van der Waals surface area contributed by atoms with Gasteiger partial charge in [0.1, 0.15) is 0 Å². The molecule has 4 nitrogen and oxygen atoms in total. The van der Waals surface area contributed by atoms with Crippen LogP contribution < -0.4 is 5.32 Å². The molecule has 1 aliphatic heterocycles. The Balaban J connectivity index is 1.87.